The highest BCUT2D eigenvalue weighted by molar-refractivity contribution is 7.92. The first-order chi connectivity index (χ1) is 13.9. The van der Waals surface area contributed by atoms with Crippen LogP contribution < -0.4 is 13.8 Å². The summed E-state index contributed by atoms with van der Waals surface area (Å²) >= 11 is 0. The average Bonchev–Trinajstić information content (AvgIpc) is 3.26. The lowest BCUT2D eigenvalue weighted by Crippen LogP contribution is -2.30. The van der Waals surface area contributed by atoms with Crippen molar-refractivity contribution in [1.82, 2.24) is 9.62 Å². The summed E-state index contributed by atoms with van der Waals surface area (Å²) in [6.07, 6.45) is 2.92. The molecule has 1 amide bonds. The standard InChI is InChI=1S/C18H26FN3O6S/c1-26-8-9-27-13-28-16-11-14(4-7-21-5-2-3-6-21)10-15(19)18(16)22-12-17(23)20-29(22,24)25/h10-11H,2-9,12-13H2,1H3,(H,20,23). The number of methoxy groups -OCH3 is 1. The van der Waals surface area contributed by atoms with Crippen molar-refractivity contribution in [3.8, 4) is 5.75 Å². The quantitative estimate of drug-likeness (QED) is 0.429. The molecule has 2 aliphatic rings. The van der Waals surface area contributed by atoms with E-state index in [1.54, 1.807) is 6.07 Å². The number of amides is 1. The van der Waals surface area contributed by atoms with E-state index >= 15 is 0 Å². The number of benzene rings is 1. The van der Waals surface area contributed by atoms with Crippen molar-refractivity contribution in [2.24, 2.45) is 0 Å². The summed E-state index contributed by atoms with van der Waals surface area (Å²) in [5.74, 6) is -1.49. The summed E-state index contributed by atoms with van der Waals surface area (Å²) < 4.78 is 57.6. The van der Waals surface area contributed by atoms with E-state index in [1.807, 2.05) is 4.72 Å². The summed E-state index contributed by atoms with van der Waals surface area (Å²) in [6.45, 7) is 2.75. The van der Waals surface area contributed by atoms with Gasteiger partial charge in [-0.3, -0.25) is 4.79 Å². The summed E-state index contributed by atoms with van der Waals surface area (Å²) in [6, 6.07) is 2.90. The van der Waals surface area contributed by atoms with E-state index in [9.17, 15) is 17.6 Å². The zero-order chi connectivity index (χ0) is 20.9. The molecule has 0 bridgehead atoms. The number of hydrogen-bond donors (Lipinski definition) is 1. The van der Waals surface area contributed by atoms with Crippen LogP contribution in [-0.2, 0) is 30.9 Å². The van der Waals surface area contributed by atoms with Gasteiger partial charge >= 0.3 is 10.2 Å². The Morgan fingerprint density at radius 3 is 2.62 bits per heavy atom. The van der Waals surface area contributed by atoms with Crippen LogP contribution in [0.1, 0.15) is 18.4 Å². The van der Waals surface area contributed by atoms with Gasteiger partial charge in [0.15, 0.2) is 12.6 Å². The van der Waals surface area contributed by atoms with E-state index in [4.69, 9.17) is 14.2 Å². The molecular formula is C18H26FN3O6S. The normalized spacial score (nSPS) is 19.0. The zero-order valence-corrected chi connectivity index (χ0v) is 17.2. The molecule has 0 aliphatic carbocycles. The fourth-order valence-electron chi connectivity index (χ4n) is 3.37. The third-order valence-electron chi connectivity index (χ3n) is 4.80. The Balaban J connectivity index is 1.81. The molecule has 11 heteroatoms. The monoisotopic (exact) mass is 431 g/mol. The van der Waals surface area contributed by atoms with Crippen LogP contribution in [0.15, 0.2) is 12.1 Å². The number of likely N-dealkylation sites (tertiary alicyclic amines) is 1. The van der Waals surface area contributed by atoms with E-state index in [-0.39, 0.29) is 24.8 Å². The van der Waals surface area contributed by atoms with Crippen LogP contribution in [0.2, 0.25) is 0 Å². The highest BCUT2D eigenvalue weighted by Crippen LogP contribution is 2.36. The lowest BCUT2D eigenvalue weighted by Gasteiger charge is -2.21. The topological polar surface area (TPSA) is 97.4 Å². The number of rotatable bonds is 10. The number of nitrogens with zero attached hydrogens (tertiary/aromatic N) is 2. The molecule has 1 N–H and O–H groups in total. The molecule has 162 valence electrons. The molecule has 9 nitrogen and oxygen atoms in total. The van der Waals surface area contributed by atoms with Gasteiger partial charge in [0.05, 0.1) is 13.2 Å². The highest BCUT2D eigenvalue weighted by Gasteiger charge is 2.37. The van der Waals surface area contributed by atoms with Gasteiger partial charge in [0.25, 0.3) is 5.91 Å². The van der Waals surface area contributed by atoms with E-state index < -0.39 is 28.5 Å². The van der Waals surface area contributed by atoms with Crippen LogP contribution >= 0.6 is 0 Å². The van der Waals surface area contributed by atoms with Gasteiger partial charge in [-0.2, -0.15) is 8.42 Å². The molecule has 2 saturated heterocycles. The molecular weight excluding hydrogens is 405 g/mol. The number of anilines is 1. The Morgan fingerprint density at radius 1 is 1.21 bits per heavy atom. The van der Waals surface area contributed by atoms with Crippen LogP contribution in [0.3, 0.4) is 0 Å². The van der Waals surface area contributed by atoms with Gasteiger partial charge in [-0.1, -0.05) is 0 Å². The minimum absolute atomic E-state index is 0.0129. The maximum atomic E-state index is 15.0. The highest BCUT2D eigenvalue weighted by atomic mass is 32.2. The van der Waals surface area contributed by atoms with Crippen LogP contribution in [0.25, 0.3) is 0 Å². The molecule has 0 radical (unpaired) electrons. The zero-order valence-electron chi connectivity index (χ0n) is 16.4. The predicted molar refractivity (Wildman–Crippen MR) is 104 cm³/mol. The van der Waals surface area contributed by atoms with Gasteiger partial charge in [-0.05, 0) is 50.0 Å². The second-order valence-electron chi connectivity index (χ2n) is 6.92. The van der Waals surface area contributed by atoms with Crippen LogP contribution in [0.5, 0.6) is 5.75 Å². The largest absolute Gasteiger partial charge is 0.465 e. The Morgan fingerprint density at radius 2 is 1.97 bits per heavy atom. The molecule has 1 aromatic carbocycles. The Kier molecular flexibility index (Phi) is 7.28. The van der Waals surface area contributed by atoms with Crippen molar-refractivity contribution in [3.63, 3.8) is 0 Å². The lowest BCUT2D eigenvalue weighted by atomic mass is 10.1. The molecule has 3 rings (SSSR count). The maximum absolute atomic E-state index is 15.0. The van der Waals surface area contributed by atoms with Crippen molar-refractivity contribution in [2.45, 2.75) is 19.3 Å². The van der Waals surface area contributed by atoms with Gasteiger partial charge < -0.3 is 19.1 Å². The van der Waals surface area contributed by atoms with Crippen molar-refractivity contribution in [2.75, 3.05) is 57.6 Å². The minimum Gasteiger partial charge on any atom is -0.465 e. The van der Waals surface area contributed by atoms with Gasteiger partial charge in [0.2, 0.25) is 0 Å². The molecule has 0 unspecified atom stereocenters. The van der Waals surface area contributed by atoms with E-state index in [0.29, 0.717) is 22.9 Å². The first-order valence-corrected chi connectivity index (χ1v) is 10.9. The molecule has 2 heterocycles. The summed E-state index contributed by atoms with van der Waals surface area (Å²) in [7, 11) is -2.64. The predicted octanol–water partition coefficient (Wildman–Crippen LogP) is 0.644. The van der Waals surface area contributed by atoms with Crippen molar-refractivity contribution in [3.05, 3.63) is 23.5 Å². The molecule has 1 aromatic rings. The van der Waals surface area contributed by atoms with E-state index in [2.05, 4.69) is 4.90 Å². The van der Waals surface area contributed by atoms with Gasteiger partial charge in [-0.15, -0.1) is 0 Å². The molecule has 0 spiro atoms. The van der Waals surface area contributed by atoms with Crippen molar-refractivity contribution >= 4 is 21.8 Å². The van der Waals surface area contributed by atoms with Crippen LogP contribution in [0.4, 0.5) is 10.1 Å². The van der Waals surface area contributed by atoms with Crippen LogP contribution in [0, 0.1) is 5.82 Å². The number of hydrogen-bond acceptors (Lipinski definition) is 7. The van der Waals surface area contributed by atoms with Crippen LogP contribution in [-0.4, -0.2) is 72.5 Å². The first kappa shape index (κ1) is 21.8. The Hall–Kier alpha value is -1.95. The lowest BCUT2D eigenvalue weighted by molar-refractivity contribution is -0.117. The third kappa shape index (κ3) is 5.56. The molecule has 0 saturated carbocycles. The molecule has 29 heavy (non-hydrogen) atoms. The molecule has 0 atom stereocenters. The number of ether oxygens (including phenoxy) is 3. The SMILES string of the molecule is COCCOCOc1cc(CCN2CCCC2)cc(F)c1N1CC(=O)NS1(=O)=O. The van der Waals surface area contributed by atoms with E-state index in [1.165, 1.54) is 13.2 Å². The second kappa shape index (κ2) is 9.70. The number of carbonyl (C=O) groups is 1. The van der Waals surface area contributed by atoms with E-state index in [0.717, 1.165) is 32.5 Å². The maximum Gasteiger partial charge on any atom is 0.326 e. The third-order valence-corrected chi connectivity index (χ3v) is 6.18. The number of nitrogens with one attached hydrogen (secondary N) is 1. The van der Waals surface area contributed by atoms with Gasteiger partial charge in [0.1, 0.15) is 18.0 Å². The Bertz CT molecular complexity index is 829. The van der Waals surface area contributed by atoms with Crippen molar-refractivity contribution < 1.29 is 31.8 Å². The summed E-state index contributed by atoms with van der Waals surface area (Å²) in [5, 5.41) is 0. The smallest absolute Gasteiger partial charge is 0.326 e. The summed E-state index contributed by atoms with van der Waals surface area (Å²) in [5.41, 5.74) is 0.379. The minimum atomic E-state index is -4.17. The number of carbonyl (C=O) groups excluding carboxylic acids is 1. The second-order valence-corrected chi connectivity index (χ2v) is 8.52. The van der Waals surface area contributed by atoms with Crippen molar-refractivity contribution in [1.29, 1.82) is 0 Å². The Labute approximate surface area is 169 Å². The molecule has 0 aromatic heterocycles. The molecule has 2 fully saturated rings. The average molecular weight is 431 g/mol. The fourth-order valence-corrected chi connectivity index (χ4v) is 4.54. The first-order valence-electron chi connectivity index (χ1n) is 9.48. The molecule has 2 aliphatic heterocycles. The van der Waals surface area contributed by atoms with Gasteiger partial charge in [0, 0.05) is 13.7 Å². The summed E-state index contributed by atoms with van der Waals surface area (Å²) in [4.78, 5) is 13.9. The number of halogens is 1. The fraction of sp³-hybridized carbons (Fsp3) is 0.611. The van der Waals surface area contributed by atoms with Gasteiger partial charge in [-0.25, -0.2) is 13.4 Å².